The van der Waals surface area contributed by atoms with E-state index in [2.05, 4.69) is 17.6 Å². The highest BCUT2D eigenvalue weighted by atomic mass is 16.5. The third-order valence-corrected chi connectivity index (χ3v) is 3.23. The van der Waals surface area contributed by atoms with E-state index in [-0.39, 0.29) is 6.03 Å². The zero-order valence-electron chi connectivity index (χ0n) is 13.7. The lowest BCUT2D eigenvalue weighted by Gasteiger charge is -2.08. The number of methoxy groups -OCH3 is 1. The number of nitrogens with one attached hydrogen (secondary N) is 2. The van der Waals surface area contributed by atoms with Crippen LogP contribution in [-0.4, -0.2) is 39.4 Å². The van der Waals surface area contributed by atoms with Crippen LogP contribution in [0.15, 0.2) is 24.3 Å². The van der Waals surface area contributed by atoms with E-state index in [4.69, 9.17) is 9.47 Å². The normalized spacial score (nSPS) is 10.3. The predicted molar refractivity (Wildman–Crippen MR) is 88.4 cm³/mol. The maximum atomic E-state index is 11.6. The topological polar surface area (TPSA) is 59.6 Å². The summed E-state index contributed by atoms with van der Waals surface area (Å²) in [6.45, 7) is 4.89. The maximum Gasteiger partial charge on any atom is 0.314 e. The summed E-state index contributed by atoms with van der Waals surface area (Å²) in [6.07, 6.45) is 3.86. The first-order valence-electron chi connectivity index (χ1n) is 7.98. The first kappa shape index (κ1) is 18.3. The highest BCUT2D eigenvalue weighted by Gasteiger charge is 2.00. The van der Waals surface area contributed by atoms with Gasteiger partial charge in [0.2, 0.25) is 0 Å². The van der Waals surface area contributed by atoms with Crippen LogP contribution >= 0.6 is 0 Å². The molecule has 22 heavy (non-hydrogen) atoms. The highest BCUT2D eigenvalue weighted by molar-refractivity contribution is 5.73. The number of hydrogen-bond donors (Lipinski definition) is 2. The second kappa shape index (κ2) is 11.9. The standard InChI is InChI=1S/C17H28N2O3/c1-3-4-12-22-13-6-10-18-17(20)19-11-9-15-7-5-8-16(14-15)21-2/h5,7-8,14H,3-4,6,9-13H2,1-2H3,(H2,18,19,20). The number of amides is 2. The minimum absolute atomic E-state index is 0.128. The van der Waals surface area contributed by atoms with Crippen LogP contribution in [0.2, 0.25) is 0 Å². The zero-order valence-corrected chi connectivity index (χ0v) is 13.7. The molecule has 0 atom stereocenters. The molecule has 0 unspecified atom stereocenters. The molecule has 0 aliphatic carbocycles. The molecule has 5 heteroatoms. The van der Waals surface area contributed by atoms with Gasteiger partial charge in [0.25, 0.3) is 0 Å². The molecule has 0 fully saturated rings. The Morgan fingerprint density at radius 1 is 1.14 bits per heavy atom. The number of hydrogen-bond acceptors (Lipinski definition) is 3. The van der Waals surface area contributed by atoms with Gasteiger partial charge in [-0.25, -0.2) is 4.79 Å². The molecule has 0 aliphatic heterocycles. The second-order valence-corrected chi connectivity index (χ2v) is 5.10. The van der Waals surface area contributed by atoms with Crippen molar-refractivity contribution in [3.05, 3.63) is 29.8 Å². The van der Waals surface area contributed by atoms with Crippen LogP contribution in [0.4, 0.5) is 4.79 Å². The van der Waals surface area contributed by atoms with Crippen molar-refractivity contribution < 1.29 is 14.3 Å². The van der Waals surface area contributed by atoms with Gasteiger partial charge in [0, 0.05) is 26.3 Å². The summed E-state index contributed by atoms with van der Waals surface area (Å²) in [6, 6.07) is 7.73. The van der Waals surface area contributed by atoms with E-state index < -0.39 is 0 Å². The molecule has 2 N–H and O–H groups in total. The van der Waals surface area contributed by atoms with Crippen LogP contribution in [-0.2, 0) is 11.2 Å². The Bertz CT molecular complexity index is 424. The van der Waals surface area contributed by atoms with Gasteiger partial charge >= 0.3 is 6.03 Å². The van der Waals surface area contributed by atoms with E-state index >= 15 is 0 Å². The minimum atomic E-state index is -0.128. The maximum absolute atomic E-state index is 11.6. The van der Waals surface area contributed by atoms with E-state index in [0.717, 1.165) is 43.6 Å². The summed E-state index contributed by atoms with van der Waals surface area (Å²) in [7, 11) is 1.65. The fourth-order valence-electron chi connectivity index (χ4n) is 1.94. The van der Waals surface area contributed by atoms with Crippen LogP contribution in [0.1, 0.15) is 31.7 Å². The van der Waals surface area contributed by atoms with Crippen molar-refractivity contribution >= 4 is 6.03 Å². The van der Waals surface area contributed by atoms with Gasteiger partial charge in [-0.05, 0) is 37.0 Å². The smallest absolute Gasteiger partial charge is 0.314 e. The monoisotopic (exact) mass is 308 g/mol. The lowest BCUT2D eigenvalue weighted by atomic mass is 10.1. The van der Waals surface area contributed by atoms with Gasteiger partial charge in [0.05, 0.1) is 7.11 Å². The fourth-order valence-corrected chi connectivity index (χ4v) is 1.94. The molecule has 124 valence electrons. The predicted octanol–water partition coefficient (Wildman–Crippen LogP) is 2.74. The van der Waals surface area contributed by atoms with E-state index in [1.165, 1.54) is 0 Å². The molecule has 0 radical (unpaired) electrons. The minimum Gasteiger partial charge on any atom is -0.497 e. The quantitative estimate of drug-likeness (QED) is 0.618. The second-order valence-electron chi connectivity index (χ2n) is 5.10. The summed E-state index contributed by atoms with van der Waals surface area (Å²) in [5, 5.41) is 5.68. The van der Waals surface area contributed by atoms with Gasteiger partial charge in [-0.2, -0.15) is 0 Å². The summed E-state index contributed by atoms with van der Waals surface area (Å²) >= 11 is 0. The highest BCUT2D eigenvalue weighted by Crippen LogP contribution is 2.12. The average Bonchev–Trinajstić information content (AvgIpc) is 2.54. The molecule has 1 aromatic carbocycles. The number of benzene rings is 1. The Kier molecular flexibility index (Phi) is 9.87. The van der Waals surface area contributed by atoms with E-state index in [1.807, 2.05) is 24.3 Å². The Balaban J connectivity index is 2.03. The Morgan fingerprint density at radius 2 is 1.91 bits per heavy atom. The van der Waals surface area contributed by atoms with Crippen LogP contribution in [0.3, 0.4) is 0 Å². The van der Waals surface area contributed by atoms with Crippen molar-refractivity contribution in [3.63, 3.8) is 0 Å². The van der Waals surface area contributed by atoms with Gasteiger partial charge in [-0.3, -0.25) is 0 Å². The van der Waals surface area contributed by atoms with Crippen molar-refractivity contribution in [2.45, 2.75) is 32.6 Å². The molecule has 0 aliphatic rings. The molecule has 0 aromatic heterocycles. The third kappa shape index (κ3) is 8.52. The molecule has 1 rings (SSSR count). The molecular weight excluding hydrogens is 280 g/mol. The summed E-state index contributed by atoms with van der Waals surface area (Å²) in [5.74, 6) is 0.838. The molecule has 0 bridgehead atoms. The van der Waals surface area contributed by atoms with Crippen molar-refractivity contribution in [1.29, 1.82) is 0 Å². The molecule has 5 nitrogen and oxygen atoms in total. The fraction of sp³-hybridized carbons (Fsp3) is 0.588. The zero-order chi connectivity index (χ0) is 16.0. The number of urea groups is 1. The summed E-state index contributed by atoms with van der Waals surface area (Å²) < 4.78 is 10.6. The third-order valence-electron chi connectivity index (χ3n) is 3.23. The first-order valence-corrected chi connectivity index (χ1v) is 7.98. The van der Waals surface area contributed by atoms with Gasteiger partial charge < -0.3 is 20.1 Å². The average molecular weight is 308 g/mol. The SMILES string of the molecule is CCCCOCCCNC(=O)NCCc1cccc(OC)c1. The summed E-state index contributed by atoms with van der Waals surface area (Å²) in [5.41, 5.74) is 1.14. The van der Waals surface area contributed by atoms with Gasteiger partial charge in [0.15, 0.2) is 0 Å². The lowest BCUT2D eigenvalue weighted by Crippen LogP contribution is -2.37. The van der Waals surface area contributed by atoms with Crippen LogP contribution < -0.4 is 15.4 Å². The molecule has 2 amide bonds. The molecule has 0 saturated carbocycles. The molecule has 0 heterocycles. The number of ether oxygens (including phenoxy) is 2. The Hall–Kier alpha value is -1.75. The molecular formula is C17H28N2O3. The van der Waals surface area contributed by atoms with E-state index in [1.54, 1.807) is 7.11 Å². The van der Waals surface area contributed by atoms with E-state index in [0.29, 0.717) is 19.7 Å². The molecule has 1 aromatic rings. The van der Waals surface area contributed by atoms with Crippen LogP contribution in [0.25, 0.3) is 0 Å². The first-order chi connectivity index (χ1) is 10.8. The van der Waals surface area contributed by atoms with E-state index in [9.17, 15) is 4.79 Å². The van der Waals surface area contributed by atoms with Gasteiger partial charge in [-0.1, -0.05) is 25.5 Å². The van der Waals surface area contributed by atoms with Crippen molar-refractivity contribution in [2.75, 3.05) is 33.4 Å². The number of carbonyl (C=O) groups excluding carboxylic acids is 1. The molecule has 0 saturated heterocycles. The van der Waals surface area contributed by atoms with Crippen LogP contribution in [0, 0.1) is 0 Å². The van der Waals surface area contributed by atoms with Gasteiger partial charge in [-0.15, -0.1) is 0 Å². The Labute approximate surface area is 133 Å². The van der Waals surface area contributed by atoms with Crippen molar-refractivity contribution in [1.82, 2.24) is 10.6 Å². The molecule has 0 spiro atoms. The van der Waals surface area contributed by atoms with Crippen LogP contribution in [0.5, 0.6) is 5.75 Å². The lowest BCUT2D eigenvalue weighted by molar-refractivity contribution is 0.129. The van der Waals surface area contributed by atoms with Crippen molar-refractivity contribution in [2.24, 2.45) is 0 Å². The largest absolute Gasteiger partial charge is 0.497 e. The number of unbranched alkanes of at least 4 members (excludes halogenated alkanes) is 1. The Morgan fingerprint density at radius 3 is 2.68 bits per heavy atom. The van der Waals surface area contributed by atoms with Crippen molar-refractivity contribution in [3.8, 4) is 5.75 Å². The number of carbonyl (C=O) groups is 1. The number of rotatable bonds is 11. The van der Waals surface area contributed by atoms with Gasteiger partial charge in [0.1, 0.15) is 5.75 Å². The summed E-state index contributed by atoms with van der Waals surface area (Å²) in [4.78, 5) is 11.6.